The Labute approximate surface area is 126 Å². The zero-order valence-corrected chi connectivity index (χ0v) is 11.1. The normalized spacial score (nSPS) is 11.1. The predicted molar refractivity (Wildman–Crippen MR) is 69.4 cm³/mol. The van der Waals surface area contributed by atoms with Crippen LogP contribution in [0, 0.1) is 10.1 Å². The van der Waals surface area contributed by atoms with Gasteiger partial charge in [0, 0.05) is 24.4 Å². The second kappa shape index (κ2) is 5.91. The minimum Gasteiger partial charge on any atom is -0.477 e. The molecule has 0 atom stereocenters. The molecule has 1 aromatic heterocycles. The van der Waals surface area contributed by atoms with E-state index in [4.69, 9.17) is 9.84 Å². The van der Waals surface area contributed by atoms with Gasteiger partial charge < -0.3 is 9.84 Å². The third kappa shape index (κ3) is 3.73. The Morgan fingerprint density at radius 3 is 2.43 bits per heavy atom. The highest BCUT2D eigenvalue weighted by atomic mass is 19.4. The molecule has 0 bridgehead atoms. The van der Waals surface area contributed by atoms with Gasteiger partial charge in [0.2, 0.25) is 5.88 Å². The summed E-state index contributed by atoms with van der Waals surface area (Å²) in [6, 6.07) is 4.61. The minimum absolute atomic E-state index is 0.111. The van der Waals surface area contributed by atoms with Crippen LogP contribution >= 0.6 is 0 Å². The summed E-state index contributed by atoms with van der Waals surface area (Å²) in [7, 11) is 0. The summed E-state index contributed by atoms with van der Waals surface area (Å²) >= 11 is 0. The molecule has 1 aromatic carbocycles. The van der Waals surface area contributed by atoms with Gasteiger partial charge in [0.05, 0.1) is 10.5 Å². The first-order valence-corrected chi connectivity index (χ1v) is 5.91. The van der Waals surface area contributed by atoms with Crippen molar-refractivity contribution in [2.45, 2.75) is 6.18 Å². The summed E-state index contributed by atoms with van der Waals surface area (Å²) in [6.45, 7) is 0. The number of aromatic nitrogens is 1. The van der Waals surface area contributed by atoms with Crippen LogP contribution < -0.4 is 4.74 Å². The largest absolute Gasteiger partial charge is 0.477 e. The number of hydrogen-bond acceptors (Lipinski definition) is 5. The molecular formula is C13H7F3N2O5. The van der Waals surface area contributed by atoms with Crippen molar-refractivity contribution in [3.05, 3.63) is 57.8 Å². The van der Waals surface area contributed by atoms with Crippen LogP contribution in [0.15, 0.2) is 36.5 Å². The molecule has 0 unspecified atom stereocenters. The second-order valence-corrected chi connectivity index (χ2v) is 4.23. The fourth-order valence-electron chi connectivity index (χ4n) is 1.64. The predicted octanol–water partition coefficient (Wildman–Crippen LogP) is 3.50. The zero-order chi connectivity index (χ0) is 17.2. The molecule has 23 heavy (non-hydrogen) atoms. The van der Waals surface area contributed by atoms with Crippen LogP contribution in [0.4, 0.5) is 18.9 Å². The Morgan fingerprint density at radius 2 is 1.96 bits per heavy atom. The fraction of sp³-hybridized carbons (Fsp3) is 0.0769. The number of benzene rings is 1. The van der Waals surface area contributed by atoms with E-state index in [1.54, 1.807) is 0 Å². The lowest BCUT2D eigenvalue weighted by atomic mass is 10.1. The lowest BCUT2D eigenvalue weighted by Crippen LogP contribution is -2.05. The number of carbonyl (C=O) groups is 1. The number of pyridine rings is 1. The first-order chi connectivity index (χ1) is 10.7. The van der Waals surface area contributed by atoms with Crippen molar-refractivity contribution in [3.8, 4) is 11.6 Å². The molecule has 1 N–H and O–H groups in total. The molecule has 2 aromatic rings. The highest BCUT2D eigenvalue weighted by Gasteiger charge is 2.30. The summed E-state index contributed by atoms with van der Waals surface area (Å²) in [4.78, 5) is 24.3. The molecule has 0 aliphatic rings. The first-order valence-electron chi connectivity index (χ1n) is 5.91. The Bertz CT molecular complexity index is 759. The first kappa shape index (κ1) is 16.2. The van der Waals surface area contributed by atoms with Crippen molar-refractivity contribution in [3.63, 3.8) is 0 Å². The van der Waals surface area contributed by atoms with E-state index in [-0.39, 0.29) is 11.6 Å². The number of carboxylic acids is 1. The van der Waals surface area contributed by atoms with Crippen LogP contribution in [0.3, 0.4) is 0 Å². The number of nitrogens with zero attached hydrogens (tertiary/aromatic N) is 2. The standard InChI is InChI=1S/C13H7F3N2O5/c14-13(15,16)7-1-4-11(17-6-7)23-8-2-3-10(18(21)22)9(5-8)12(19)20/h1-6H,(H,19,20). The molecule has 0 amide bonds. The summed E-state index contributed by atoms with van der Waals surface area (Å²) in [5, 5.41) is 19.6. The number of alkyl halides is 3. The van der Waals surface area contributed by atoms with E-state index >= 15 is 0 Å². The average molecular weight is 328 g/mol. The van der Waals surface area contributed by atoms with E-state index in [2.05, 4.69) is 4.98 Å². The van der Waals surface area contributed by atoms with E-state index in [0.29, 0.717) is 6.20 Å². The van der Waals surface area contributed by atoms with Gasteiger partial charge >= 0.3 is 12.1 Å². The lowest BCUT2D eigenvalue weighted by molar-refractivity contribution is -0.385. The van der Waals surface area contributed by atoms with E-state index in [1.165, 1.54) is 0 Å². The van der Waals surface area contributed by atoms with Crippen LogP contribution in [-0.4, -0.2) is 21.0 Å². The monoisotopic (exact) mass is 328 g/mol. The van der Waals surface area contributed by atoms with Gasteiger partial charge in [-0.15, -0.1) is 0 Å². The van der Waals surface area contributed by atoms with Gasteiger partial charge in [0.25, 0.3) is 5.69 Å². The number of nitro groups is 1. The van der Waals surface area contributed by atoms with Gasteiger partial charge in [0.1, 0.15) is 11.3 Å². The van der Waals surface area contributed by atoms with Crippen molar-refractivity contribution >= 4 is 11.7 Å². The molecule has 0 aliphatic carbocycles. The maximum Gasteiger partial charge on any atom is 0.417 e. The Hall–Kier alpha value is -3.17. The molecule has 0 saturated heterocycles. The smallest absolute Gasteiger partial charge is 0.417 e. The van der Waals surface area contributed by atoms with Crippen molar-refractivity contribution in [1.29, 1.82) is 0 Å². The molecule has 120 valence electrons. The maximum absolute atomic E-state index is 12.4. The second-order valence-electron chi connectivity index (χ2n) is 4.23. The highest BCUT2D eigenvalue weighted by Crippen LogP contribution is 2.31. The number of carboxylic acid groups (broad SMARTS) is 1. The molecule has 0 fully saturated rings. The van der Waals surface area contributed by atoms with E-state index < -0.39 is 33.9 Å². The number of nitro benzene ring substituents is 1. The third-order valence-electron chi connectivity index (χ3n) is 2.68. The van der Waals surface area contributed by atoms with E-state index in [1.807, 2.05) is 0 Å². The Morgan fingerprint density at radius 1 is 1.26 bits per heavy atom. The number of ether oxygens (including phenoxy) is 1. The summed E-state index contributed by atoms with van der Waals surface area (Å²) in [5.74, 6) is -1.87. The molecule has 0 radical (unpaired) electrons. The molecule has 0 spiro atoms. The molecule has 2 rings (SSSR count). The number of aromatic carboxylic acids is 1. The number of hydrogen-bond donors (Lipinski definition) is 1. The van der Waals surface area contributed by atoms with Crippen molar-refractivity contribution in [1.82, 2.24) is 4.98 Å². The fourth-order valence-corrected chi connectivity index (χ4v) is 1.64. The van der Waals surface area contributed by atoms with E-state index in [0.717, 1.165) is 30.3 Å². The molecule has 1 heterocycles. The summed E-state index contributed by atoms with van der Waals surface area (Å²) < 4.78 is 42.3. The average Bonchev–Trinajstić information content (AvgIpc) is 2.46. The number of rotatable bonds is 4. The molecule has 0 saturated carbocycles. The van der Waals surface area contributed by atoms with Gasteiger partial charge in [-0.2, -0.15) is 13.2 Å². The zero-order valence-electron chi connectivity index (χ0n) is 11.1. The van der Waals surface area contributed by atoms with Crippen LogP contribution in [0.25, 0.3) is 0 Å². The number of halogens is 3. The lowest BCUT2D eigenvalue weighted by Gasteiger charge is -2.08. The molecular weight excluding hydrogens is 321 g/mol. The van der Waals surface area contributed by atoms with Crippen molar-refractivity contribution < 1.29 is 32.7 Å². The van der Waals surface area contributed by atoms with E-state index in [9.17, 15) is 28.1 Å². The summed E-state index contributed by atoms with van der Waals surface area (Å²) in [6.07, 6.45) is -3.99. The van der Waals surface area contributed by atoms with Crippen LogP contribution in [0.5, 0.6) is 11.6 Å². The summed E-state index contributed by atoms with van der Waals surface area (Å²) in [5.41, 5.74) is -2.22. The molecule has 7 nitrogen and oxygen atoms in total. The topological polar surface area (TPSA) is 103 Å². The highest BCUT2D eigenvalue weighted by molar-refractivity contribution is 5.92. The Balaban J connectivity index is 2.28. The van der Waals surface area contributed by atoms with Gasteiger partial charge in [0.15, 0.2) is 0 Å². The van der Waals surface area contributed by atoms with Crippen LogP contribution in [0.2, 0.25) is 0 Å². The van der Waals surface area contributed by atoms with Gasteiger partial charge in [-0.25, -0.2) is 9.78 Å². The van der Waals surface area contributed by atoms with Crippen molar-refractivity contribution in [2.24, 2.45) is 0 Å². The van der Waals surface area contributed by atoms with Crippen LogP contribution in [-0.2, 0) is 6.18 Å². The molecule has 10 heteroatoms. The van der Waals surface area contributed by atoms with Gasteiger partial charge in [-0.05, 0) is 12.1 Å². The van der Waals surface area contributed by atoms with Crippen molar-refractivity contribution in [2.75, 3.05) is 0 Å². The quantitative estimate of drug-likeness (QED) is 0.680. The van der Waals surface area contributed by atoms with Crippen LogP contribution in [0.1, 0.15) is 15.9 Å². The third-order valence-corrected chi connectivity index (χ3v) is 2.68. The Kier molecular flexibility index (Phi) is 4.16. The maximum atomic E-state index is 12.4. The minimum atomic E-state index is -4.55. The van der Waals surface area contributed by atoms with Gasteiger partial charge in [-0.1, -0.05) is 0 Å². The SMILES string of the molecule is O=C(O)c1cc(Oc2ccc(C(F)(F)F)cn2)ccc1[N+](=O)[O-]. The van der Waals surface area contributed by atoms with Gasteiger partial charge in [-0.3, -0.25) is 10.1 Å². The molecule has 0 aliphatic heterocycles.